The summed E-state index contributed by atoms with van der Waals surface area (Å²) in [7, 11) is 0. The SMILES string of the molecule is O=C[C@@H](c1ccccc1)[C@H]1CCCC2(C1)OCCO2. The molecule has 3 rings (SSSR count). The summed E-state index contributed by atoms with van der Waals surface area (Å²) in [4.78, 5) is 11.5. The molecule has 3 nitrogen and oxygen atoms in total. The fourth-order valence-electron chi connectivity index (χ4n) is 3.44. The lowest BCUT2D eigenvalue weighted by Crippen LogP contribution is -2.38. The Kier molecular flexibility index (Phi) is 3.67. The Balaban J connectivity index is 1.78. The van der Waals surface area contributed by atoms with E-state index in [0.29, 0.717) is 19.1 Å². The summed E-state index contributed by atoms with van der Waals surface area (Å²) in [6.07, 6.45) is 5.04. The van der Waals surface area contributed by atoms with Crippen molar-refractivity contribution in [2.75, 3.05) is 13.2 Å². The van der Waals surface area contributed by atoms with Crippen LogP contribution in [0.25, 0.3) is 0 Å². The van der Waals surface area contributed by atoms with Crippen LogP contribution in [0.1, 0.15) is 37.2 Å². The summed E-state index contributed by atoms with van der Waals surface area (Å²) in [5.74, 6) is -0.114. The molecule has 0 bridgehead atoms. The molecule has 102 valence electrons. The van der Waals surface area contributed by atoms with E-state index in [1.807, 2.05) is 30.3 Å². The van der Waals surface area contributed by atoms with E-state index in [1.54, 1.807) is 0 Å². The van der Waals surface area contributed by atoms with E-state index in [2.05, 4.69) is 0 Å². The highest BCUT2D eigenvalue weighted by atomic mass is 16.7. The van der Waals surface area contributed by atoms with Crippen molar-refractivity contribution in [1.29, 1.82) is 0 Å². The van der Waals surface area contributed by atoms with E-state index in [9.17, 15) is 4.79 Å². The minimum absolute atomic E-state index is 0.0359. The van der Waals surface area contributed by atoms with Crippen LogP contribution in [0.2, 0.25) is 0 Å². The molecule has 1 aliphatic heterocycles. The Hall–Kier alpha value is -1.19. The topological polar surface area (TPSA) is 35.5 Å². The van der Waals surface area contributed by atoms with Crippen LogP contribution in [-0.2, 0) is 14.3 Å². The zero-order valence-corrected chi connectivity index (χ0v) is 11.1. The summed E-state index contributed by atoms with van der Waals surface area (Å²) >= 11 is 0. The van der Waals surface area contributed by atoms with Gasteiger partial charge >= 0.3 is 0 Å². The lowest BCUT2D eigenvalue weighted by atomic mass is 9.75. The van der Waals surface area contributed by atoms with Crippen molar-refractivity contribution in [3.63, 3.8) is 0 Å². The molecule has 0 unspecified atom stereocenters. The molecule has 2 atom stereocenters. The summed E-state index contributed by atoms with van der Waals surface area (Å²) in [6.45, 7) is 1.37. The van der Waals surface area contributed by atoms with E-state index in [0.717, 1.165) is 37.5 Å². The van der Waals surface area contributed by atoms with Gasteiger partial charge in [0.2, 0.25) is 0 Å². The lowest BCUT2D eigenvalue weighted by Gasteiger charge is -2.38. The lowest BCUT2D eigenvalue weighted by molar-refractivity contribution is -0.188. The van der Waals surface area contributed by atoms with Crippen molar-refractivity contribution in [1.82, 2.24) is 0 Å². The average Bonchev–Trinajstić information content (AvgIpc) is 2.89. The van der Waals surface area contributed by atoms with E-state index in [4.69, 9.17) is 9.47 Å². The van der Waals surface area contributed by atoms with Crippen LogP contribution in [0.4, 0.5) is 0 Å². The van der Waals surface area contributed by atoms with Crippen LogP contribution < -0.4 is 0 Å². The van der Waals surface area contributed by atoms with Crippen molar-refractivity contribution in [3.05, 3.63) is 35.9 Å². The zero-order valence-electron chi connectivity index (χ0n) is 11.1. The quantitative estimate of drug-likeness (QED) is 0.784. The molecule has 3 heteroatoms. The highest BCUT2D eigenvalue weighted by molar-refractivity contribution is 5.62. The van der Waals surface area contributed by atoms with E-state index >= 15 is 0 Å². The summed E-state index contributed by atoms with van der Waals surface area (Å²) in [5.41, 5.74) is 1.11. The number of benzene rings is 1. The molecule has 2 fully saturated rings. The van der Waals surface area contributed by atoms with Crippen LogP contribution in [0, 0.1) is 5.92 Å². The third-order valence-electron chi connectivity index (χ3n) is 4.36. The van der Waals surface area contributed by atoms with Crippen LogP contribution in [0.3, 0.4) is 0 Å². The number of carbonyl (C=O) groups excluding carboxylic acids is 1. The van der Waals surface area contributed by atoms with Gasteiger partial charge in [-0.15, -0.1) is 0 Å². The number of hydrogen-bond donors (Lipinski definition) is 0. The Labute approximate surface area is 113 Å². The monoisotopic (exact) mass is 260 g/mol. The van der Waals surface area contributed by atoms with Gasteiger partial charge in [0, 0.05) is 18.8 Å². The third kappa shape index (κ3) is 2.58. The normalized spacial score (nSPS) is 27.3. The standard InChI is InChI=1S/C16H20O3/c17-12-15(13-5-2-1-3-6-13)14-7-4-8-16(11-14)18-9-10-19-16/h1-3,5-6,12,14-15H,4,7-11H2/t14-,15-/m0/s1. The minimum atomic E-state index is -0.404. The minimum Gasteiger partial charge on any atom is -0.348 e. The molecule has 1 aromatic rings. The first kappa shape index (κ1) is 12.8. The second kappa shape index (κ2) is 5.43. The Morgan fingerprint density at radius 2 is 1.95 bits per heavy atom. The smallest absolute Gasteiger partial charge is 0.168 e. The van der Waals surface area contributed by atoms with Gasteiger partial charge in [-0.05, 0) is 24.3 Å². The fraction of sp³-hybridized carbons (Fsp3) is 0.562. The first-order valence-corrected chi connectivity index (χ1v) is 7.11. The fourth-order valence-corrected chi connectivity index (χ4v) is 3.44. The zero-order chi connectivity index (χ0) is 13.1. The highest BCUT2D eigenvalue weighted by Crippen LogP contribution is 2.43. The first-order chi connectivity index (χ1) is 9.33. The summed E-state index contributed by atoms with van der Waals surface area (Å²) < 4.78 is 11.6. The molecule has 1 saturated heterocycles. The van der Waals surface area contributed by atoms with Gasteiger partial charge in [-0.3, -0.25) is 0 Å². The number of carbonyl (C=O) groups is 1. The molecule has 0 amide bonds. The maximum absolute atomic E-state index is 11.5. The van der Waals surface area contributed by atoms with E-state index in [1.165, 1.54) is 0 Å². The number of rotatable bonds is 3. The van der Waals surface area contributed by atoms with Crippen LogP contribution >= 0.6 is 0 Å². The summed E-state index contributed by atoms with van der Waals surface area (Å²) in [5, 5.41) is 0. The van der Waals surface area contributed by atoms with Gasteiger partial charge in [0.1, 0.15) is 6.29 Å². The molecule has 0 N–H and O–H groups in total. The van der Waals surface area contributed by atoms with Gasteiger partial charge < -0.3 is 14.3 Å². The number of aldehydes is 1. The Morgan fingerprint density at radius 3 is 2.63 bits per heavy atom. The van der Waals surface area contributed by atoms with E-state index < -0.39 is 5.79 Å². The molecule has 19 heavy (non-hydrogen) atoms. The van der Waals surface area contributed by atoms with Crippen molar-refractivity contribution in [2.45, 2.75) is 37.4 Å². The molecule has 1 aliphatic carbocycles. The Bertz CT molecular complexity index is 423. The number of ether oxygens (including phenoxy) is 2. The summed E-state index contributed by atoms with van der Waals surface area (Å²) in [6, 6.07) is 10.0. The molecule has 0 aromatic heterocycles. The van der Waals surface area contributed by atoms with Crippen molar-refractivity contribution in [3.8, 4) is 0 Å². The van der Waals surface area contributed by atoms with Gasteiger partial charge in [0.05, 0.1) is 13.2 Å². The van der Waals surface area contributed by atoms with E-state index in [-0.39, 0.29) is 5.92 Å². The third-order valence-corrected chi connectivity index (χ3v) is 4.36. The molecular weight excluding hydrogens is 240 g/mol. The molecule has 1 heterocycles. The van der Waals surface area contributed by atoms with Crippen LogP contribution in [-0.4, -0.2) is 25.3 Å². The van der Waals surface area contributed by atoms with Crippen molar-refractivity contribution < 1.29 is 14.3 Å². The highest BCUT2D eigenvalue weighted by Gasteiger charge is 2.43. The van der Waals surface area contributed by atoms with Gasteiger partial charge in [-0.25, -0.2) is 0 Å². The van der Waals surface area contributed by atoms with Crippen molar-refractivity contribution >= 4 is 6.29 Å². The first-order valence-electron chi connectivity index (χ1n) is 7.11. The van der Waals surface area contributed by atoms with Gasteiger partial charge in [0.25, 0.3) is 0 Å². The molecule has 2 aliphatic rings. The number of hydrogen-bond acceptors (Lipinski definition) is 3. The predicted octanol–water partition coefficient (Wildman–Crippen LogP) is 2.90. The molecule has 1 spiro atoms. The molecule has 0 radical (unpaired) electrons. The second-order valence-corrected chi connectivity index (χ2v) is 5.54. The van der Waals surface area contributed by atoms with Gasteiger partial charge in [0.15, 0.2) is 5.79 Å². The Morgan fingerprint density at radius 1 is 1.21 bits per heavy atom. The maximum atomic E-state index is 11.5. The molecule has 1 aromatic carbocycles. The molecular formula is C16H20O3. The van der Waals surface area contributed by atoms with Gasteiger partial charge in [-0.2, -0.15) is 0 Å². The second-order valence-electron chi connectivity index (χ2n) is 5.54. The maximum Gasteiger partial charge on any atom is 0.168 e. The van der Waals surface area contributed by atoms with Gasteiger partial charge in [-0.1, -0.05) is 30.3 Å². The average molecular weight is 260 g/mol. The van der Waals surface area contributed by atoms with Crippen LogP contribution in [0.15, 0.2) is 30.3 Å². The van der Waals surface area contributed by atoms with Crippen LogP contribution in [0.5, 0.6) is 0 Å². The molecule has 1 saturated carbocycles. The van der Waals surface area contributed by atoms with Crippen molar-refractivity contribution in [2.24, 2.45) is 5.92 Å². The largest absolute Gasteiger partial charge is 0.348 e. The predicted molar refractivity (Wildman–Crippen MR) is 71.8 cm³/mol.